The number of hydrogen-bond acceptors (Lipinski definition) is 3. The third kappa shape index (κ3) is 4.70. The first kappa shape index (κ1) is 16.7. The van der Waals surface area contributed by atoms with Crippen molar-refractivity contribution in [1.29, 1.82) is 0 Å². The van der Waals surface area contributed by atoms with Crippen molar-refractivity contribution in [2.75, 3.05) is 5.75 Å². The molecule has 2 rings (SSSR count). The van der Waals surface area contributed by atoms with E-state index in [1.807, 2.05) is 12.1 Å². The highest BCUT2D eigenvalue weighted by atomic mass is 35.5. The van der Waals surface area contributed by atoms with Gasteiger partial charge in [-0.1, -0.05) is 29.8 Å². The molecule has 2 aromatic carbocycles. The molecule has 6 heteroatoms. The van der Waals surface area contributed by atoms with Crippen molar-refractivity contribution in [3.63, 3.8) is 0 Å². The highest BCUT2D eigenvalue weighted by Crippen LogP contribution is 2.32. The van der Waals surface area contributed by atoms with Gasteiger partial charge in [-0.2, -0.15) is 0 Å². The van der Waals surface area contributed by atoms with Gasteiger partial charge in [0.05, 0.1) is 5.02 Å². The molecule has 1 N–H and O–H groups in total. The Morgan fingerprint density at radius 2 is 1.86 bits per heavy atom. The van der Waals surface area contributed by atoms with Crippen LogP contribution in [0.1, 0.15) is 0 Å². The largest absolute Gasteiger partial charge is 0.478 e. The highest BCUT2D eigenvalue weighted by molar-refractivity contribution is 7.99. The van der Waals surface area contributed by atoms with Crippen molar-refractivity contribution in [2.45, 2.75) is 4.90 Å². The van der Waals surface area contributed by atoms with Gasteiger partial charge in [0, 0.05) is 21.2 Å². The fraction of sp³-hybridized carbons (Fsp3) is 0.0625. The molecule has 0 spiro atoms. The molecule has 0 saturated heterocycles. The van der Waals surface area contributed by atoms with Gasteiger partial charge in [0.1, 0.15) is 11.5 Å². The Bertz CT molecular complexity index is 699. The lowest BCUT2D eigenvalue weighted by Crippen LogP contribution is -2.00. The van der Waals surface area contributed by atoms with Crippen LogP contribution in [-0.2, 0) is 4.79 Å². The first-order valence-corrected chi connectivity index (χ1v) is 7.96. The second kappa shape index (κ2) is 7.58. The minimum Gasteiger partial charge on any atom is -0.478 e. The average Bonchev–Trinajstić information content (AvgIpc) is 2.49. The number of carbonyl (C=O) groups is 1. The van der Waals surface area contributed by atoms with Crippen LogP contribution in [0.25, 0.3) is 0 Å². The van der Waals surface area contributed by atoms with Gasteiger partial charge >= 0.3 is 5.97 Å². The summed E-state index contributed by atoms with van der Waals surface area (Å²) in [5.74, 6) is 0.500. The lowest BCUT2D eigenvalue weighted by molar-refractivity contribution is -0.132. The van der Waals surface area contributed by atoms with Crippen molar-refractivity contribution in [1.82, 2.24) is 0 Å². The molecular formula is C16H12Cl2O3S. The van der Waals surface area contributed by atoms with Crippen LogP contribution in [0.3, 0.4) is 0 Å². The van der Waals surface area contributed by atoms with Crippen molar-refractivity contribution in [3.8, 4) is 11.5 Å². The van der Waals surface area contributed by atoms with Gasteiger partial charge in [0.15, 0.2) is 0 Å². The summed E-state index contributed by atoms with van der Waals surface area (Å²) < 4.78 is 5.67. The standard InChI is InChI=1S/C16H12Cl2O3S/c1-10(16(19)20)9-22-13-5-3-12(4-6-13)21-15-7-2-11(17)8-14(15)18/h2-8H,1,9H2,(H,19,20). The summed E-state index contributed by atoms with van der Waals surface area (Å²) in [6, 6.07) is 12.3. The van der Waals surface area contributed by atoms with Crippen LogP contribution in [0.2, 0.25) is 10.0 Å². The molecule has 22 heavy (non-hydrogen) atoms. The molecule has 0 bridgehead atoms. The third-order valence-corrected chi connectivity index (χ3v) is 4.29. The average molecular weight is 355 g/mol. The first-order chi connectivity index (χ1) is 10.5. The van der Waals surface area contributed by atoms with Crippen molar-refractivity contribution >= 4 is 40.9 Å². The van der Waals surface area contributed by atoms with E-state index in [1.54, 1.807) is 30.3 Å². The molecule has 2 aromatic rings. The van der Waals surface area contributed by atoms with E-state index >= 15 is 0 Å². The Morgan fingerprint density at radius 3 is 2.45 bits per heavy atom. The number of benzene rings is 2. The van der Waals surface area contributed by atoms with Crippen LogP contribution in [0.4, 0.5) is 0 Å². The predicted molar refractivity (Wildman–Crippen MR) is 90.5 cm³/mol. The number of halogens is 2. The number of carboxylic acid groups (broad SMARTS) is 1. The molecule has 0 radical (unpaired) electrons. The van der Waals surface area contributed by atoms with Crippen LogP contribution in [0, 0.1) is 0 Å². The van der Waals surface area contributed by atoms with E-state index in [2.05, 4.69) is 6.58 Å². The minimum atomic E-state index is -0.982. The van der Waals surface area contributed by atoms with Crippen LogP contribution in [0.15, 0.2) is 59.5 Å². The zero-order chi connectivity index (χ0) is 16.1. The molecule has 0 unspecified atom stereocenters. The highest BCUT2D eigenvalue weighted by Gasteiger charge is 2.06. The quantitative estimate of drug-likeness (QED) is 0.548. The van der Waals surface area contributed by atoms with Gasteiger partial charge in [-0.05, 0) is 42.5 Å². The van der Waals surface area contributed by atoms with E-state index in [-0.39, 0.29) is 5.57 Å². The molecule has 0 aliphatic carbocycles. The fourth-order valence-corrected chi connectivity index (χ4v) is 2.76. The first-order valence-electron chi connectivity index (χ1n) is 6.22. The Morgan fingerprint density at radius 1 is 1.18 bits per heavy atom. The molecule has 0 aliphatic rings. The minimum absolute atomic E-state index is 0.165. The van der Waals surface area contributed by atoms with E-state index in [0.717, 1.165) is 4.90 Å². The van der Waals surface area contributed by atoms with Crippen LogP contribution in [0.5, 0.6) is 11.5 Å². The Balaban J connectivity index is 2.00. The summed E-state index contributed by atoms with van der Waals surface area (Å²) in [5.41, 5.74) is 0.165. The fourth-order valence-electron chi connectivity index (χ4n) is 1.52. The van der Waals surface area contributed by atoms with Crippen LogP contribution >= 0.6 is 35.0 Å². The zero-order valence-corrected chi connectivity index (χ0v) is 13.7. The van der Waals surface area contributed by atoms with E-state index in [9.17, 15) is 4.79 Å². The summed E-state index contributed by atoms with van der Waals surface area (Å²) >= 11 is 13.3. The lowest BCUT2D eigenvalue weighted by atomic mass is 10.3. The SMILES string of the molecule is C=C(CSc1ccc(Oc2ccc(Cl)cc2Cl)cc1)C(=O)O. The number of ether oxygens (including phenoxy) is 1. The molecule has 114 valence electrons. The molecule has 0 saturated carbocycles. The van der Waals surface area contributed by atoms with E-state index in [1.165, 1.54) is 11.8 Å². The summed E-state index contributed by atoms with van der Waals surface area (Å²) in [6.45, 7) is 3.49. The molecule has 0 aromatic heterocycles. The number of carboxylic acids is 1. The molecule has 0 atom stereocenters. The van der Waals surface area contributed by atoms with Gasteiger partial charge in [0.2, 0.25) is 0 Å². The molecular weight excluding hydrogens is 343 g/mol. The molecule has 0 heterocycles. The maximum atomic E-state index is 10.7. The zero-order valence-electron chi connectivity index (χ0n) is 11.4. The Hall–Kier alpha value is -1.62. The molecule has 3 nitrogen and oxygen atoms in total. The summed E-state index contributed by atoms with van der Waals surface area (Å²) in [7, 11) is 0. The number of rotatable bonds is 6. The van der Waals surface area contributed by atoms with E-state index in [0.29, 0.717) is 27.3 Å². The van der Waals surface area contributed by atoms with E-state index in [4.69, 9.17) is 33.0 Å². The van der Waals surface area contributed by atoms with Crippen LogP contribution < -0.4 is 4.74 Å². The van der Waals surface area contributed by atoms with Crippen molar-refractivity contribution in [2.24, 2.45) is 0 Å². The molecule has 0 amide bonds. The summed E-state index contributed by atoms with van der Waals surface area (Å²) in [4.78, 5) is 11.6. The number of thioether (sulfide) groups is 1. The van der Waals surface area contributed by atoms with Crippen LogP contribution in [-0.4, -0.2) is 16.8 Å². The lowest BCUT2D eigenvalue weighted by Gasteiger charge is -2.08. The van der Waals surface area contributed by atoms with Gasteiger partial charge in [-0.15, -0.1) is 11.8 Å². The van der Waals surface area contributed by atoms with Gasteiger partial charge < -0.3 is 9.84 Å². The maximum Gasteiger partial charge on any atom is 0.331 e. The molecule has 0 aliphatic heterocycles. The smallest absolute Gasteiger partial charge is 0.331 e. The normalized spacial score (nSPS) is 10.3. The van der Waals surface area contributed by atoms with Gasteiger partial charge in [0.25, 0.3) is 0 Å². The number of aliphatic carboxylic acids is 1. The number of hydrogen-bond donors (Lipinski definition) is 1. The monoisotopic (exact) mass is 354 g/mol. The predicted octanol–water partition coefficient (Wildman–Crippen LogP) is 5.52. The van der Waals surface area contributed by atoms with Crippen molar-refractivity contribution < 1.29 is 14.6 Å². The second-order valence-corrected chi connectivity index (χ2v) is 6.24. The topological polar surface area (TPSA) is 46.5 Å². The van der Waals surface area contributed by atoms with Gasteiger partial charge in [-0.25, -0.2) is 4.79 Å². The maximum absolute atomic E-state index is 10.7. The second-order valence-electron chi connectivity index (χ2n) is 4.35. The third-order valence-electron chi connectivity index (χ3n) is 2.66. The Labute approximate surface area is 142 Å². The van der Waals surface area contributed by atoms with Crippen molar-refractivity contribution in [3.05, 3.63) is 64.7 Å². The Kier molecular flexibility index (Phi) is 5.77. The summed E-state index contributed by atoms with van der Waals surface area (Å²) in [5, 5.41) is 9.74. The van der Waals surface area contributed by atoms with E-state index < -0.39 is 5.97 Å². The van der Waals surface area contributed by atoms with Gasteiger partial charge in [-0.3, -0.25) is 0 Å². The summed E-state index contributed by atoms with van der Waals surface area (Å²) in [6.07, 6.45) is 0. The molecule has 0 fully saturated rings.